The zero-order chi connectivity index (χ0) is 16.0. The molecule has 3 heterocycles. The van der Waals surface area contributed by atoms with Gasteiger partial charge < -0.3 is 15.0 Å². The van der Waals surface area contributed by atoms with Crippen LogP contribution in [-0.2, 0) is 10.2 Å². The molecular weight excluding hydrogens is 286 g/mol. The fraction of sp³-hybridized carbons (Fsp3) is 0.526. The summed E-state index contributed by atoms with van der Waals surface area (Å²) in [6.45, 7) is 7.63. The van der Waals surface area contributed by atoms with E-state index in [9.17, 15) is 0 Å². The van der Waals surface area contributed by atoms with E-state index in [-0.39, 0.29) is 17.6 Å². The molecule has 0 amide bonds. The van der Waals surface area contributed by atoms with Crippen molar-refractivity contribution >= 4 is 5.69 Å². The Morgan fingerprint density at radius 2 is 2.13 bits per heavy atom. The maximum atomic E-state index is 6.22. The lowest BCUT2D eigenvalue weighted by molar-refractivity contribution is -0.0389. The van der Waals surface area contributed by atoms with Crippen LogP contribution in [0.4, 0.5) is 5.69 Å². The first-order chi connectivity index (χ1) is 11.0. The van der Waals surface area contributed by atoms with Crippen molar-refractivity contribution in [3.05, 3.63) is 47.5 Å². The Labute approximate surface area is 137 Å². The minimum absolute atomic E-state index is 0.150. The first-order valence-corrected chi connectivity index (χ1v) is 8.56. The Kier molecular flexibility index (Phi) is 3.45. The third-order valence-electron chi connectivity index (χ3n) is 5.15. The average molecular weight is 311 g/mol. The van der Waals surface area contributed by atoms with Crippen molar-refractivity contribution in [2.75, 3.05) is 11.9 Å². The summed E-state index contributed by atoms with van der Waals surface area (Å²) in [5.41, 5.74) is 4.01. The molecule has 1 fully saturated rings. The summed E-state index contributed by atoms with van der Waals surface area (Å²) in [7, 11) is 0. The summed E-state index contributed by atoms with van der Waals surface area (Å²) in [5, 5.41) is 3.70. The molecule has 2 aliphatic heterocycles. The molecule has 2 aromatic rings. The molecule has 0 bridgehead atoms. The van der Waals surface area contributed by atoms with Gasteiger partial charge in [0.2, 0.25) is 0 Å². The van der Waals surface area contributed by atoms with Crippen LogP contribution in [0.25, 0.3) is 0 Å². The van der Waals surface area contributed by atoms with Gasteiger partial charge in [0.05, 0.1) is 12.1 Å². The summed E-state index contributed by atoms with van der Waals surface area (Å²) in [6, 6.07) is 6.97. The van der Waals surface area contributed by atoms with Gasteiger partial charge in [0.15, 0.2) is 0 Å². The lowest BCUT2D eigenvalue weighted by Gasteiger charge is -2.42. The smallest absolute Gasteiger partial charge is 0.129 e. The predicted octanol–water partition coefficient (Wildman–Crippen LogP) is 4.34. The molecule has 122 valence electrons. The van der Waals surface area contributed by atoms with Crippen LogP contribution in [0.1, 0.15) is 62.7 Å². The van der Waals surface area contributed by atoms with E-state index in [1.54, 1.807) is 0 Å². The topological polar surface area (TPSA) is 49.9 Å². The highest BCUT2D eigenvalue weighted by molar-refractivity contribution is 5.58. The highest BCUT2D eigenvalue weighted by Gasteiger charge is 2.41. The zero-order valence-corrected chi connectivity index (χ0v) is 14.1. The number of hydrogen-bond acceptors (Lipinski definition) is 3. The SMILES string of the molecule is CC(C)(C)c1ccc2c(c1)[C@H]1OCCC[C@H]1[C@H](c1ncc[nH]1)N2. The maximum absolute atomic E-state index is 6.22. The molecule has 2 aliphatic rings. The molecule has 1 aromatic carbocycles. The van der Waals surface area contributed by atoms with Crippen molar-refractivity contribution in [2.45, 2.75) is 51.2 Å². The van der Waals surface area contributed by atoms with Gasteiger partial charge in [-0.2, -0.15) is 0 Å². The Morgan fingerprint density at radius 1 is 1.26 bits per heavy atom. The second-order valence-electron chi connectivity index (χ2n) is 7.75. The second-order valence-corrected chi connectivity index (χ2v) is 7.75. The molecular formula is C19H25N3O. The number of ether oxygens (including phenoxy) is 1. The third-order valence-corrected chi connectivity index (χ3v) is 5.15. The summed E-state index contributed by atoms with van der Waals surface area (Å²) < 4.78 is 6.22. The number of nitrogens with zero attached hydrogens (tertiary/aromatic N) is 1. The number of aromatic nitrogens is 2. The van der Waals surface area contributed by atoms with E-state index in [1.165, 1.54) is 23.2 Å². The van der Waals surface area contributed by atoms with E-state index in [1.807, 2.05) is 12.4 Å². The van der Waals surface area contributed by atoms with E-state index >= 15 is 0 Å². The van der Waals surface area contributed by atoms with Crippen molar-refractivity contribution < 1.29 is 4.74 Å². The van der Waals surface area contributed by atoms with Gasteiger partial charge in [-0.3, -0.25) is 0 Å². The Bertz CT molecular complexity index is 687. The highest BCUT2D eigenvalue weighted by Crippen LogP contribution is 2.49. The number of aromatic amines is 1. The fourth-order valence-corrected chi connectivity index (χ4v) is 3.86. The molecule has 0 unspecified atom stereocenters. The number of H-pyrrole nitrogens is 1. The van der Waals surface area contributed by atoms with E-state index in [4.69, 9.17) is 4.74 Å². The second kappa shape index (κ2) is 5.38. The van der Waals surface area contributed by atoms with Crippen LogP contribution >= 0.6 is 0 Å². The van der Waals surface area contributed by atoms with Crippen LogP contribution in [0.3, 0.4) is 0 Å². The van der Waals surface area contributed by atoms with Crippen LogP contribution in [0.2, 0.25) is 0 Å². The Balaban J connectivity index is 1.78. The van der Waals surface area contributed by atoms with Gasteiger partial charge >= 0.3 is 0 Å². The molecule has 1 aromatic heterocycles. The van der Waals surface area contributed by atoms with E-state index in [2.05, 4.69) is 54.3 Å². The zero-order valence-electron chi connectivity index (χ0n) is 14.1. The van der Waals surface area contributed by atoms with Gasteiger partial charge in [0.25, 0.3) is 0 Å². The van der Waals surface area contributed by atoms with Crippen LogP contribution < -0.4 is 5.32 Å². The normalized spacial score (nSPS) is 27.0. The van der Waals surface area contributed by atoms with E-state index < -0.39 is 0 Å². The lowest BCUT2D eigenvalue weighted by Crippen LogP contribution is -2.36. The van der Waals surface area contributed by atoms with Crippen molar-refractivity contribution in [2.24, 2.45) is 5.92 Å². The molecule has 3 atom stereocenters. The summed E-state index contributed by atoms with van der Waals surface area (Å²) in [6.07, 6.45) is 6.18. The molecule has 0 saturated carbocycles. The van der Waals surface area contributed by atoms with Gasteiger partial charge in [-0.05, 0) is 29.9 Å². The van der Waals surface area contributed by atoms with Crippen molar-refractivity contribution in [3.8, 4) is 0 Å². The summed E-state index contributed by atoms with van der Waals surface area (Å²) in [4.78, 5) is 7.76. The van der Waals surface area contributed by atoms with Crippen LogP contribution in [-0.4, -0.2) is 16.6 Å². The predicted molar refractivity (Wildman–Crippen MR) is 91.5 cm³/mol. The van der Waals surface area contributed by atoms with Crippen molar-refractivity contribution in [1.29, 1.82) is 0 Å². The molecule has 0 radical (unpaired) electrons. The standard InChI is InChI=1S/C19H25N3O/c1-19(2,3)12-6-7-15-14(11-12)17-13(5-4-10-23-17)16(22-15)18-20-8-9-21-18/h6-9,11,13,16-17,22H,4-5,10H2,1-3H3,(H,20,21)/t13-,16+,17-/m0/s1. The first-order valence-electron chi connectivity index (χ1n) is 8.56. The van der Waals surface area contributed by atoms with Gasteiger partial charge in [-0.1, -0.05) is 32.9 Å². The van der Waals surface area contributed by atoms with E-state index in [0.717, 1.165) is 18.9 Å². The maximum Gasteiger partial charge on any atom is 0.129 e. The minimum atomic E-state index is 0.150. The monoisotopic (exact) mass is 311 g/mol. The molecule has 4 rings (SSSR count). The lowest BCUT2D eigenvalue weighted by atomic mass is 9.77. The van der Waals surface area contributed by atoms with Gasteiger partial charge in [0.1, 0.15) is 5.82 Å². The summed E-state index contributed by atoms with van der Waals surface area (Å²) in [5.74, 6) is 1.44. The quantitative estimate of drug-likeness (QED) is 0.823. The molecule has 4 nitrogen and oxygen atoms in total. The summed E-state index contributed by atoms with van der Waals surface area (Å²) >= 11 is 0. The van der Waals surface area contributed by atoms with Crippen molar-refractivity contribution in [1.82, 2.24) is 9.97 Å². The van der Waals surface area contributed by atoms with Gasteiger partial charge in [0, 0.05) is 36.2 Å². The number of benzene rings is 1. The van der Waals surface area contributed by atoms with E-state index in [0.29, 0.717) is 5.92 Å². The van der Waals surface area contributed by atoms with Crippen LogP contribution in [0, 0.1) is 5.92 Å². The fourth-order valence-electron chi connectivity index (χ4n) is 3.86. The van der Waals surface area contributed by atoms with Crippen molar-refractivity contribution in [3.63, 3.8) is 0 Å². The number of fused-ring (bicyclic) bond motifs is 3. The minimum Gasteiger partial charge on any atom is -0.375 e. The largest absolute Gasteiger partial charge is 0.375 e. The molecule has 4 heteroatoms. The van der Waals surface area contributed by atoms with Crippen LogP contribution in [0.5, 0.6) is 0 Å². The molecule has 2 N–H and O–H groups in total. The number of rotatable bonds is 1. The van der Waals surface area contributed by atoms with Gasteiger partial charge in [-0.25, -0.2) is 4.98 Å². The third kappa shape index (κ3) is 2.55. The number of hydrogen-bond donors (Lipinski definition) is 2. The van der Waals surface area contributed by atoms with Crippen LogP contribution in [0.15, 0.2) is 30.6 Å². The number of nitrogens with one attached hydrogen (secondary N) is 2. The van der Waals surface area contributed by atoms with Gasteiger partial charge in [-0.15, -0.1) is 0 Å². The molecule has 23 heavy (non-hydrogen) atoms. The number of anilines is 1. The molecule has 0 spiro atoms. The molecule has 1 saturated heterocycles. The highest BCUT2D eigenvalue weighted by atomic mass is 16.5. The Morgan fingerprint density at radius 3 is 2.87 bits per heavy atom. The first kappa shape index (κ1) is 14.8. The average Bonchev–Trinajstić information content (AvgIpc) is 3.07. The number of imidazole rings is 1. The molecule has 0 aliphatic carbocycles. The Hall–Kier alpha value is -1.81.